The number of ether oxygens (including phenoxy) is 1. The quantitative estimate of drug-likeness (QED) is 0.543. The molecule has 0 bridgehead atoms. The van der Waals surface area contributed by atoms with Gasteiger partial charge in [0.05, 0.1) is 6.10 Å². The molecule has 2 heteroatoms. The van der Waals surface area contributed by atoms with Gasteiger partial charge in [-0.25, -0.2) is 0 Å². The summed E-state index contributed by atoms with van der Waals surface area (Å²) in [6.45, 7) is 8.58. The van der Waals surface area contributed by atoms with Gasteiger partial charge < -0.3 is 10.1 Å². The first-order valence-electron chi connectivity index (χ1n) is 9.18. The molecule has 1 aliphatic rings. The van der Waals surface area contributed by atoms with Crippen LogP contribution in [0.2, 0.25) is 0 Å². The average Bonchev–Trinajstić information content (AvgIpc) is 2.49. The molecule has 1 rings (SSSR count). The molecule has 0 aromatic heterocycles. The van der Waals surface area contributed by atoms with Crippen LogP contribution in [0.3, 0.4) is 0 Å². The summed E-state index contributed by atoms with van der Waals surface area (Å²) < 4.78 is 6.19. The van der Waals surface area contributed by atoms with E-state index in [0.29, 0.717) is 12.1 Å². The molecule has 2 unspecified atom stereocenters. The minimum atomic E-state index is 0.446. The highest BCUT2D eigenvalue weighted by Gasteiger charge is 2.30. The summed E-state index contributed by atoms with van der Waals surface area (Å²) in [6, 6.07) is 0.569. The maximum atomic E-state index is 6.19. The fourth-order valence-corrected chi connectivity index (χ4v) is 3.67. The molecule has 1 fully saturated rings. The molecule has 1 aliphatic carbocycles. The molecule has 2 atom stereocenters. The third-order valence-corrected chi connectivity index (χ3v) is 4.71. The molecule has 120 valence electrons. The molecule has 0 aromatic carbocycles. The van der Waals surface area contributed by atoms with Crippen LogP contribution in [0.4, 0.5) is 0 Å². The summed E-state index contributed by atoms with van der Waals surface area (Å²) in [4.78, 5) is 0. The smallest absolute Gasteiger partial charge is 0.0755 e. The molecular formula is C18H37NO. The lowest BCUT2D eigenvalue weighted by Crippen LogP contribution is -2.46. The predicted octanol–water partition coefficient (Wildman–Crippen LogP) is 4.92. The van der Waals surface area contributed by atoms with Gasteiger partial charge in [-0.15, -0.1) is 0 Å². The fourth-order valence-electron chi connectivity index (χ4n) is 3.67. The van der Waals surface area contributed by atoms with E-state index in [4.69, 9.17) is 4.74 Å². The SMILES string of the molecule is CCCCCCC(NCC)C(OCC)C1CCCCC1. The Hall–Kier alpha value is -0.0800. The summed E-state index contributed by atoms with van der Waals surface area (Å²) in [7, 11) is 0. The molecule has 2 nitrogen and oxygen atoms in total. The van der Waals surface area contributed by atoms with Gasteiger partial charge in [-0.3, -0.25) is 0 Å². The lowest BCUT2D eigenvalue weighted by atomic mass is 9.81. The van der Waals surface area contributed by atoms with Crippen molar-refractivity contribution in [2.75, 3.05) is 13.2 Å². The van der Waals surface area contributed by atoms with E-state index in [1.54, 1.807) is 0 Å². The number of rotatable bonds is 11. The van der Waals surface area contributed by atoms with E-state index >= 15 is 0 Å². The first-order chi connectivity index (χ1) is 9.83. The normalized spacial score (nSPS) is 19.9. The summed E-state index contributed by atoms with van der Waals surface area (Å²) in [5.41, 5.74) is 0. The summed E-state index contributed by atoms with van der Waals surface area (Å²) >= 11 is 0. The number of unbranched alkanes of at least 4 members (excludes halogenated alkanes) is 3. The summed E-state index contributed by atoms with van der Waals surface area (Å²) in [5, 5.41) is 3.72. The predicted molar refractivity (Wildman–Crippen MR) is 88.2 cm³/mol. The Morgan fingerprint density at radius 3 is 2.35 bits per heavy atom. The Kier molecular flexibility index (Phi) is 10.4. The lowest BCUT2D eigenvalue weighted by Gasteiger charge is -2.36. The Morgan fingerprint density at radius 1 is 1.00 bits per heavy atom. The van der Waals surface area contributed by atoms with Crippen LogP contribution in [0.15, 0.2) is 0 Å². The topological polar surface area (TPSA) is 21.3 Å². The zero-order chi connectivity index (χ0) is 14.6. The van der Waals surface area contributed by atoms with Crippen LogP contribution in [0.25, 0.3) is 0 Å². The fraction of sp³-hybridized carbons (Fsp3) is 1.00. The van der Waals surface area contributed by atoms with Crippen LogP contribution in [-0.4, -0.2) is 25.3 Å². The lowest BCUT2D eigenvalue weighted by molar-refractivity contribution is -0.0195. The largest absolute Gasteiger partial charge is 0.377 e. The van der Waals surface area contributed by atoms with Gasteiger partial charge in [-0.1, -0.05) is 58.8 Å². The van der Waals surface area contributed by atoms with Gasteiger partial charge in [0.15, 0.2) is 0 Å². The molecule has 1 saturated carbocycles. The van der Waals surface area contributed by atoms with Crippen molar-refractivity contribution in [1.82, 2.24) is 5.32 Å². The van der Waals surface area contributed by atoms with Crippen molar-refractivity contribution < 1.29 is 4.74 Å². The van der Waals surface area contributed by atoms with Gasteiger partial charge in [-0.2, -0.15) is 0 Å². The minimum Gasteiger partial charge on any atom is -0.377 e. The van der Waals surface area contributed by atoms with Crippen LogP contribution < -0.4 is 5.32 Å². The summed E-state index contributed by atoms with van der Waals surface area (Å²) in [5.74, 6) is 0.791. The van der Waals surface area contributed by atoms with Crippen molar-refractivity contribution in [1.29, 1.82) is 0 Å². The molecule has 0 saturated heterocycles. The van der Waals surface area contributed by atoms with Crippen molar-refractivity contribution in [3.63, 3.8) is 0 Å². The van der Waals surface area contributed by atoms with Gasteiger partial charge in [0.2, 0.25) is 0 Å². The minimum absolute atomic E-state index is 0.446. The molecule has 0 aromatic rings. The second-order valence-corrected chi connectivity index (χ2v) is 6.33. The van der Waals surface area contributed by atoms with E-state index in [-0.39, 0.29) is 0 Å². The zero-order valence-corrected chi connectivity index (χ0v) is 14.1. The molecule has 0 spiro atoms. The Labute approximate surface area is 127 Å². The molecule has 1 N–H and O–H groups in total. The zero-order valence-electron chi connectivity index (χ0n) is 14.1. The number of hydrogen-bond acceptors (Lipinski definition) is 2. The Balaban J connectivity index is 2.51. The number of nitrogens with one attached hydrogen (secondary N) is 1. The van der Waals surface area contributed by atoms with Gasteiger partial charge in [0.25, 0.3) is 0 Å². The first kappa shape index (κ1) is 18.0. The Bertz CT molecular complexity index is 213. The second kappa shape index (κ2) is 11.6. The van der Waals surface area contributed by atoms with Gasteiger partial charge >= 0.3 is 0 Å². The van der Waals surface area contributed by atoms with Crippen LogP contribution in [-0.2, 0) is 4.74 Å². The van der Waals surface area contributed by atoms with Gasteiger partial charge in [-0.05, 0) is 38.6 Å². The standard InChI is InChI=1S/C18H37NO/c1-4-7-8-12-15-17(19-5-2)18(20-6-3)16-13-10-9-11-14-16/h16-19H,4-15H2,1-3H3. The van der Waals surface area contributed by atoms with Gasteiger partial charge in [0.1, 0.15) is 0 Å². The molecule has 0 aliphatic heterocycles. The van der Waals surface area contributed by atoms with E-state index in [2.05, 4.69) is 26.1 Å². The van der Waals surface area contributed by atoms with Crippen LogP contribution in [0.5, 0.6) is 0 Å². The van der Waals surface area contributed by atoms with E-state index in [0.717, 1.165) is 19.1 Å². The van der Waals surface area contributed by atoms with Crippen LogP contribution in [0.1, 0.15) is 85.0 Å². The highest BCUT2D eigenvalue weighted by molar-refractivity contribution is 4.85. The molecule has 0 radical (unpaired) electrons. The third-order valence-electron chi connectivity index (χ3n) is 4.71. The van der Waals surface area contributed by atoms with Crippen LogP contribution >= 0.6 is 0 Å². The highest BCUT2D eigenvalue weighted by atomic mass is 16.5. The number of hydrogen-bond donors (Lipinski definition) is 1. The maximum Gasteiger partial charge on any atom is 0.0755 e. The average molecular weight is 284 g/mol. The highest BCUT2D eigenvalue weighted by Crippen LogP contribution is 2.30. The third kappa shape index (κ3) is 6.58. The number of likely N-dealkylation sites (N-methyl/N-ethyl adjacent to an activating group) is 1. The van der Waals surface area contributed by atoms with E-state index in [9.17, 15) is 0 Å². The van der Waals surface area contributed by atoms with Crippen molar-refractivity contribution in [3.05, 3.63) is 0 Å². The first-order valence-corrected chi connectivity index (χ1v) is 9.18. The molecule has 20 heavy (non-hydrogen) atoms. The van der Waals surface area contributed by atoms with Crippen LogP contribution in [0, 0.1) is 5.92 Å². The van der Waals surface area contributed by atoms with Gasteiger partial charge in [0, 0.05) is 12.6 Å². The second-order valence-electron chi connectivity index (χ2n) is 6.33. The maximum absolute atomic E-state index is 6.19. The van der Waals surface area contributed by atoms with Crippen molar-refractivity contribution in [2.45, 2.75) is 97.1 Å². The monoisotopic (exact) mass is 283 g/mol. The molecule has 0 amide bonds. The van der Waals surface area contributed by atoms with Crippen molar-refractivity contribution in [2.24, 2.45) is 5.92 Å². The van der Waals surface area contributed by atoms with Crippen molar-refractivity contribution >= 4 is 0 Å². The van der Waals surface area contributed by atoms with E-state index in [1.807, 2.05) is 0 Å². The van der Waals surface area contributed by atoms with E-state index in [1.165, 1.54) is 64.2 Å². The molecule has 0 heterocycles. The van der Waals surface area contributed by atoms with E-state index < -0.39 is 0 Å². The molecular weight excluding hydrogens is 246 g/mol. The Morgan fingerprint density at radius 2 is 1.75 bits per heavy atom. The van der Waals surface area contributed by atoms with Crippen molar-refractivity contribution in [3.8, 4) is 0 Å². The summed E-state index contributed by atoms with van der Waals surface area (Å²) in [6.07, 6.45) is 14.2.